The quantitative estimate of drug-likeness (QED) is 0.602. The third-order valence-corrected chi connectivity index (χ3v) is 7.64. The van der Waals surface area contributed by atoms with Crippen LogP contribution in [0.4, 0.5) is 8.78 Å². The maximum Gasteiger partial charge on any atom is 0.256 e. The minimum Gasteiger partial charge on any atom is -0.497 e. The molecule has 2 aromatic rings. The van der Waals surface area contributed by atoms with Crippen molar-refractivity contribution in [3.63, 3.8) is 0 Å². The molecule has 1 spiro atoms. The SMILES string of the molecule is COc1ccc(C(=O)N2C(C(=O)NCC3CCCO3)COC23CCN(C(=O)c2ccc(F)cc2F)CC3)cc1. The van der Waals surface area contributed by atoms with Crippen molar-refractivity contribution in [1.29, 1.82) is 0 Å². The van der Waals surface area contributed by atoms with Gasteiger partial charge in [0.15, 0.2) is 0 Å². The predicted molar refractivity (Wildman–Crippen MR) is 135 cm³/mol. The molecular weight excluding hydrogens is 512 g/mol. The molecule has 3 saturated heterocycles. The molecule has 0 radical (unpaired) electrons. The lowest BCUT2D eigenvalue weighted by atomic mass is 9.96. The summed E-state index contributed by atoms with van der Waals surface area (Å²) in [5.74, 6) is -2.40. The van der Waals surface area contributed by atoms with Crippen molar-refractivity contribution in [3.8, 4) is 5.75 Å². The average Bonchev–Trinajstić information content (AvgIpc) is 3.60. The van der Waals surface area contributed by atoms with Crippen molar-refractivity contribution in [2.24, 2.45) is 0 Å². The molecule has 3 heterocycles. The first-order valence-electron chi connectivity index (χ1n) is 13.1. The van der Waals surface area contributed by atoms with Gasteiger partial charge in [-0.3, -0.25) is 19.3 Å². The van der Waals surface area contributed by atoms with Crippen molar-refractivity contribution in [1.82, 2.24) is 15.1 Å². The summed E-state index contributed by atoms with van der Waals surface area (Å²) in [7, 11) is 1.53. The van der Waals surface area contributed by atoms with E-state index in [2.05, 4.69) is 5.32 Å². The molecule has 2 atom stereocenters. The van der Waals surface area contributed by atoms with Crippen LogP contribution >= 0.6 is 0 Å². The van der Waals surface area contributed by atoms with E-state index in [-0.39, 0.29) is 56.0 Å². The van der Waals surface area contributed by atoms with E-state index < -0.39 is 29.3 Å². The summed E-state index contributed by atoms with van der Waals surface area (Å²) in [6.07, 6.45) is 2.18. The maximum absolute atomic E-state index is 14.3. The zero-order valence-electron chi connectivity index (χ0n) is 21.7. The zero-order valence-corrected chi connectivity index (χ0v) is 21.7. The van der Waals surface area contributed by atoms with Gasteiger partial charge in [0.1, 0.15) is 29.2 Å². The molecule has 2 aromatic carbocycles. The Hall–Kier alpha value is -3.57. The fraction of sp³-hybridized carbons (Fsp3) is 0.464. The molecule has 208 valence electrons. The Morgan fingerprint density at radius 1 is 1.08 bits per heavy atom. The van der Waals surface area contributed by atoms with E-state index in [9.17, 15) is 23.2 Å². The van der Waals surface area contributed by atoms with Gasteiger partial charge in [0.25, 0.3) is 11.8 Å². The minimum atomic E-state index is -1.12. The van der Waals surface area contributed by atoms with Crippen LogP contribution in [0.25, 0.3) is 0 Å². The number of carbonyl (C=O) groups excluding carboxylic acids is 3. The van der Waals surface area contributed by atoms with Gasteiger partial charge in [-0.2, -0.15) is 0 Å². The number of ether oxygens (including phenoxy) is 3. The number of halogens is 2. The average molecular weight is 544 g/mol. The molecule has 0 aromatic heterocycles. The highest BCUT2D eigenvalue weighted by atomic mass is 19.1. The second-order valence-corrected chi connectivity index (χ2v) is 9.97. The highest BCUT2D eigenvalue weighted by molar-refractivity contribution is 5.99. The standard InChI is InChI=1S/C28H31F2N3O6/c1-37-20-7-4-18(5-8-20)26(35)33-24(25(34)31-16-21-3-2-14-38-21)17-39-28(33)10-12-32(13-11-28)27(36)22-9-6-19(29)15-23(22)30/h4-9,15,21,24H,2-3,10-14,16-17H2,1H3,(H,31,34). The highest BCUT2D eigenvalue weighted by Crippen LogP contribution is 2.39. The third kappa shape index (κ3) is 5.46. The molecule has 0 aliphatic carbocycles. The molecule has 1 N–H and O–H groups in total. The third-order valence-electron chi connectivity index (χ3n) is 7.64. The van der Waals surface area contributed by atoms with E-state index in [1.54, 1.807) is 24.3 Å². The Bertz CT molecular complexity index is 1230. The van der Waals surface area contributed by atoms with Crippen LogP contribution in [-0.2, 0) is 14.3 Å². The van der Waals surface area contributed by atoms with Gasteiger partial charge >= 0.3 is 0 Å². The van der Waals surface area contributed by atoms with E-state index in [1.165, 1.54) is 16.9 Å². The lowest BCUT2D eigenvalue weighted by Gasteiger charge is -2.44. The molecular formula is C28H31F2N3O6. The number of rotatable bonds is 6. The Labute approximate surface area is 225 Å². The van der Waals surface area contributed by atoms with Crippen LogP contribution in [0.2, 0.25) is 0 Å². The van der Waals surface area contributed by atoms with E-state index in [4.69, 9.17) is 14.2 Å². The van der Waals surface area contributed by atoms with Crippen LogP contribution in [-0.4, -0.2) is 85.3 Å². The maximum atomic E-state index is 14.3. The summed E-state index contributed by atoms with van der Waals surface area (Å²) in [4.78, 5) is 43.0. The van der Waals surface area contributed by atoms with Crippen LogP contribution in [0.3, 0.4) is 0 Å². The molecule has 2 unspecified atom stereocenters. The number of benzene rings is 2. The topological polar surface area (TPSA) is 97.4 Å². The molecule has 0 bridgehead atoms. The highest BCUT2D eigenvalue weighted by Gasteiger charge is 2.54. The number of hydrogen-bond acceptors (Lipinski definition) is 6. The molecule has 3 amide bonds. The van der Waals surface area contributed by atoms with Crippen molar-refractivity contribution < 1.29 is 37.4 Å². The summed E-state index contributed by atoms with van der Waals surface area (Å²) in [6.45, 7) is 1.33. The number of amides is 3. The van der Waals surface area contributed by atoms with Crippen LogP contribution in [0, 0.1) is 11.6 Å². The van der Waals surface area contributed by atoms with Crippen molar-refractivity contribution in [3.05, 3.63) is 65.2 Å². The predicted octanol–water partition coefficient (Wildman–Crippen LogP) is 2.74. The number of hydrogen-bond donors (Lipinski definition) is 1. The monoisotopic (exact) mass is 543 g/mol. The summed E-state index contributed by atoms with van der Waals surface area (Å²) in [5.41, 5.74) is -0.984. The van der Waals surface area contributed by atoms with E-state index in [0.29, 0.717) is 30.5 Å². The Balaban J connectivity index is 1.35. The number of methoxy groups -OCH3 is 1. The van der Waals surface area contributed by atoms with Gasteiger partial charge in [-0.1, -0.05) is 0 Å². The minimum absolute atomic E-state index is 0.000210. The number of piperidine rings is 1. The second-order valence-electron chi connectivity index (χ2n) is 9.97. The first-order valence-corrected chi connectivity index (χ1v) is 13.1. The molecule has 11 heteroatoms. The smallest absolute Gasteiger partial charge is 0.256 e. The Kier molecular flexibility index (Phi) is 7.81. The van der Waals surface area contributed by atoms with E-state index in [0.717, 1.165) is 25.0 Å². The fourth-order valence-corrected chi connectivity index (χ4v) is 5.47. The molecule has 5 rings (SSSR count). The van der Waals surface area contributed by atoms with Gasteiger partial charge in [-0.15, -0.1) is 0 Å². The molecule has 3 aliphatic rings. The second kappa shape index (κ2) is 11.3. The number of carbonyl (C=O) groups is 3. The van der Waals surface area contributed by atoms with Gasteiger partial charge in [-0.25, -0.2) is 8.78 Å². The van der Waals surface area contributed by atoms with Crippen molar-refractivity contribution >= 4 is 17.7 Å². The Morgan fingerprint density at radius 3 is 2.46 bits per heavy atom. The lowest BCUT2D eigenvalue weighted by molar-refractivity contribution is -0.128. The molecule has 9 nitrogen and oxygen atoms in total. The van der Waals surface area contributed by atoms with Gasteiger partial charge in [0, 0.05) is 50.7 Å². The largest absolute Gasteiger partial charge is 0.497 e. The number of likely N-dealkylation sites (tertiary alicyclic amines) is 1. The first kappa shape index (κ1) is 27.0. The summed E-state index contributed by atoms with van der Waals surface area (Å²) in [6, 6.07) is 8.55. The number of nitrogens with zero attached hydrogens (tertiary/aromatic N) is 2. The summed E-state index contributed by atoms with van der Waals surface area (Å²) >= 11 is 0. The van der Waals surface area contributed by atoms with Gasteiger partial charge in [0.05, 0.1) is 25.4 Å². The van der Waals surface area contributed by atoms with Crippen LogP contribution in [0.15, 0.2) is 42.5 Å². The Morgan fingerprint density at radius 2 is 1.82 bits per heavy atom. The summed E-state index contributed by atoms with van der Waals surface area (Å²) in [5, 5.41) is 2.91. The fourth-order valence-electron chi connectivity index (χ4n) is 5.47. The molecule has 39 heavy (non-hydrogen) atoms. The van der Waals surface area contributed by atoms with E-state index in [1.807, 2.05) is 0 Å². The van der Waals surface area contributed by atoms with Gasteiger partial charge < -0.3 is 24.4 Å². The van der Waals surface area contributed by atoms with Gasteiger partial charge in [-0.05, 0) is 49.2 Å². The van der Waals surface area contributed by atoms with E-state index >= 15 is 0 Å². The summed E-state index contributed by atoms with van der Waals surface area (Å²) < 4.78 is 44.6. The van der Waals surface area contributed by atoms with Crippen LogP contribution in [0.1, 0.15) is 46.4 Å². The molecule has 3 fully saturated rings. The number of nitrogens with one attached hydrogen (secondary N) is 1. The first-order chi connectivity index (χ1) is 18.8. The lowest BCUT2D eigenvalue weighted by Crippen LogP contribution is -2.60. The van der Waals surface area contributed by atoms with Crippen LogP contribution < -0.4 is 10.1 Å². The van der Waals surface area contributed by atoms with Crippen molar-refractivity contribution in [2.75, 3.05) is 40.0 Å². The van der Waals surface area contributed by atoms with Crippen LogP contribution in [0.5, 0.6) is 5.75 Å². The van der Waals surface area contributed by atoms with Crippen molar-refractivity contribution in [2.45, 2.75) is 43.6 Å². The van der Waals surface area contributed by atoms with Gasteiger partial charge in [0.2, 0.25) is 5.91 Å². The molecule has 0 saturated carbocycles. The molecule has 3 aliphatic heterocycles. The normalized spacial score (nSPS) is 22.2. The zero-order chi connectivity index (χ0) is 27.6.